The molecule has 1 aromatic carbocycles. The van der Waals surface area contributed by atoms with Crippen molar-refractivity contribution in [1.29, 1.82) is 0 Å². The van der Waals surface area contributed by atoms with Crippen molar-refractivity contribution < 1.29 is 23.1 Å². The van der Waals surface area contributed by atoms with Crippen molar-refractivity contribution in [1.82, 2.24) is 0 Å². The Bertz CT molecular complexity index is 421. The Labute approximate surface area is 106 Å². The number of hydrogen-bond acceptors (Lipinski definition) is 5. The molecule has 0 radical (unpaired) electrons. The van der Waals surface area contributed by atoms with E-state index in [1.165, 1.54) is 0 Å². The zero-order valence-electron chi connectivity index (χ0n) is 9.86. The van der Waals surface area contributed by atoms with Crippen molar-refractivity contribution in [3.05, 3.63) is 30.3 Å². The molecule has 0 aliphatic carbocycles. The summed E-state index contributed by atoms with van der Waals surface area (Å²) in [4.78, 5) is 0. The van der Waals surface area contributed by atoms with E-state index in [9.17, 15) is 4.57 Å². The van der Waals surface area contributed by atoms with Gasteiger partial charge >= 0.3 is 7.60 Å². The molecule has 0 N–H and O–H groups in total. The molecule has 2 fully saturated rings. The summed E-state index contributed by atoms with van der Waals surface area (Å²) in [5.74, 6) is 0. The van der Waals surface area contributed by atoms with Crippen LogP contribution in [0.1, 0.15) is 0 Å². The molecule has 2 heterocycles. The van der Waals surface area contributed by atoms with Gasteiger partial charge in [-0.05, 0) is 12.1 Å². The SMILES string of the molecule is O=P(OCC1CO1)(OCC1CO1)c1ccccc1. The smallest absolute Gasteiger partial charge is 0.361 e. The van der Waals surface area contributed by atoms with E-state index in [2.05, 4.69) is 0 Å². The summed E-state index contributed by atoms with van der Waals surface area (Å²) in [7, 11) is -3.26. The Hall–Kier alpha value is -0.710. The second-order valence-corrected chi connectivity index (χ2v) is 6.36. The van der Waals surface area contributed by atoms with Gasteiger partial charge in [-0.25, -0.2) is 0 Å². The predicted molar refractivity (Wildman–Crippen MR) is 65.1 cm³/mol. The summed E-state index contributed by atoms with van der Waals surface area (Å²) >= 11 is 0. The van der Waals surface area contributed by atoms with Gasteiger partial charge in [0, 0.05) is 0 Å². The molecule has 0 saturated carbocycles. The molecule has 98 valence electrons. The molecule has 1 aromatic rings. The molecule has 2 aliphatic heterocycles. The molecule has 0 aromatic heterocycles. The fraction of sp³-hybridized carbons (Fsp3) is 0.500. The van der Waals surface area contributed by atoms with E-state index < -0.39 is 7.60 Å². The number of ether oxygens (including phenoxy) is 2. The van der Waals surface area contributed by atoms with Crippen molar-refractivity contribution in [2.45, 2.75) is 12.2 Å². The van der Waals surface area contributed by atoms with E-state index in [0.717, 1.165) is 0 Å². The van der Waals surface area contributed by atoms with Crippen LogP contribution in [-0.4, -0.2) is 38.6 Å². The monoisotopic (exact) mass is 270 g/mol. The quantitative estimate of drug-likeness (QED) is 0.552. The van der Waals surface area contributed by atoms with Gasteiger partial charge < -0.3 is 18.5 Å². The van der Waals surface area contributed by atoms with Crippen molar-refractivity contribution >= 4 is 12.9 Å². The average molecular weight is 270 g/mol. The largest absolute Gasteiger partial charge is 0.371 e. The molecule has 0 amide bonds. The van der Waals surface area contributed by atoms with Gasteiger partial charge in [0.05, 0.1) is 31.7 Å². The first-order chi connectivity index (χ1) is 8.76. The second-order valence-electron chi connectivity index (χ2n) is 4.34. The highest BCUT2D eigenvalue weighted by Gasteiger charge is 2.35. The van der Waals surface area contributed by atoms with E-state index in [-0.39, 0.29) is 12.2 Å². The lowest BCUT2D eigenvalue weighted by atomic mass is 10.4. The zero-order chi connectivity index (χ0) is 12.4. The summed E-state index contributed by atoms with van der Waals surface area (Å²) in [6.07, 6.45) is 0.116. The summed E-state index contributed by atoms with van der Waals surface area (Å²) < 4.78 is 33.8. The van der Waals surface area contributed by atoms with Gasteiger partial charge in [0.2, 0.25) is 0 Å². The highest BCUT2D eigenvalue weighted by atomic mass is 31.2. The van der Waals surface area contributed by atoms with Gasteiger partial charge in [-0.2, -0.15) is 0 Å². The van der Waals surface area contributed by atoms with Crippen molar-refractivity contribution in [3.63, 3.8) is 0 Å². The maximum Gasteiger partial charge on any atom is 0.361 e. The molecule has 3 rings (SSSR count). The van der Waals surface area contributed by atoms with Gasteiger partial charge in [0.15, 0.2) is 0 Å². The van der Waals surface area contributed by atoms with Crippen LogP contribution in [0.4, 0.5) is 0 Å². The number of benzene rings is 1. The summed E-state index contributed by atoms with van der Waals surface area (Å²) in [6.45, 7) is 1.94. The molecule has 0 bridgehead atoms. The molecular formula is C12H15O5P. The van der Waals surface area contributed by atoms with Crippen LogP contribution in [-0.2, 0) is 23.1 Å². The zero-order valence-corrected chi connectivity index (χ0v) is 10.8. The molecule has 2 aliphatic rings. The number of epoxide rings is 2. The summed E-state index contributed by atoms with van der Waals surface area (Å²) in [5.41, 5.74) is 0. The summed E-state index contributed by atoms with van der Waals surface area (Å²) in [6, 6.07) is 9.00. The van der Waals surface area contributed by atoms with Crippen LogP contribution in [0.2, 0.25) is 0 Å². The van der Waals surface area contributed by atoms with Crippen LogP contribution in [0.25, 0.3) is 0 Å². The van der Waals surface area contributed by atoms with Crippen LogP contribution in [0.5, 0.6) is 0 Å². The maximum absolute atomic E-state index is 12.7. The number of hydrogen-bond donors (Lipinski definition) is 0. The van der Waals surface area contributed by atoms with Crippen LogP contribution < -0.4 is 5.30 Å². The molecule has 2 unspecified atom stereocenters. The van der Waals surface area contributed by atoms with Gasteiger partial charge in [0.1, 0.15) is 12.2 Å². The minimum atomic E-state index is -3.26. The molecule has 0 spiro atoms. The third-order valence-corrected chi connectivity index (χ3v) is 4.65. The third kappa shape index (κ3) is 3.19. The lowest BCUT2D eigenvalue weighted by Gasteiger charge is -2.17. The topological polar surface area (TPSA) is 60.6 Å². The van der Waals surface area contributed by atoms with E-state index >= 15 is 0 Å². The molecule has 2 atom stereocenters. The predicted octanol–water partition coefficient (Wildman–Crippen LogP) is 1.34. The van der Waals surface area contributed by atoms with E-state index in [1.807, 2.05) is 18.2 Å². The van der Waals surface area contributed by atoms with Gasteiger partial charge in [-0.15, -0.1) is 0 Å². The fourth-order valence-corrected chi connectivity index (χ4v) is 3.12. The van der Waals surface area contributed by atoms with Crippen LogP contribution in [0.15, 0.2) is 30.3 Å². The molecule has 18 heavy (non-hydrogen) atoms. The highest BCUT2D eigenvalue weighted by molar-refractivity contribution is 7.62. The van der Waals surface area contributed by atoms with Crippen molar-refractivity contribution in [2.75, 3.05) is 26.4 Å². The fourth-order valence-electron chi connectivity index (χ4n) is 1.49. The minimum Gasteiger partial charge on any atom is -0.371 e. The van der Waals surface area contributed by atoms with Crippen LogP contribution in [0, 0.1) is 0 Å². The Morgan fingerprint density at radius 1 is 1.06 bits per heavy atom. The van der Waals surface area contributed by atoms with Crippen LogP contribution in [0.3, 0.4) is 0 Å². The van der Waals surface area contributed by atoms with Crippen molar-refractivity contribution in [3.8, 4) is 0 Å². The normalized spacial score (nSPS) is 28.7. The Kier molecular flexibility index (Phi) is 3.50. The Morgan fingerprint density at radius 2 is 1.56 bits per heavy atom. The van der Waals surface area contributed by atoms with E-state index in [1.54, 1.807) is 12.1 Å². The van der Waals surface area contributed by atoms with E-state index in [0.29, 0.717) is 31.7 Å². The van der Waals surface area contributed by atoms with Gasteiger partial charge in [-0.3, -0.25) is 4.57 Å². The first kappa shape index (κ1) is 12.3. The maximum atomic E-state index is 12.7. The standard InChI is InChI=1S/C12H15O5P/c13-18(16-8-10-6-14-10,17-9-11-7-15-11)12-4-2-1-3-5-12/h1-5,10-11H,6-9H2. The lowest BCUT2D eigenvalue weighted by molar-refractivity contribution is 0.184. The van der Waals surface area contributed by atoms with Gasteiger partial charge in [0.25, 0.3) is 0 Å². The third-order valence-electron chi connectivity index (χ3n) is 2.74. The average Bonchev–Trinajstić information content (AvgIpc) is 3.30. The summed E-state index contributed by atoms with van der Waals surface area (Å²) in [5, 5.41) is 0.575. The number of rotatable bonds is 7. The molecule has 2 saturated heterocycles. The lowest BCUT2D eigenvalue weighted by Crippen LogP contribution is -2.14. The Morgan fingerprint density at radius 3 is 2.00 bits per heavy atom. The van der Waals surface area contributed by atoms with Crippen molar-refractivity contribution in [2.24, 2.45) is 0 Å². The minimum absolute atomic E-state index is 0.0582. The molecular weight excluding hydrogens is 255 g/mol. The first-order valence-electron chi connectivity index (χ1n) is 5.94. The first-order valence-corrected chi connectivity index (χ1v) is 7.48. The molecule has 6 heteroatoms. The van der Waals surface area contributed by atoms with E-state index in [4.69, 9.17) is 18.5 Å². The second kappa shape index (κ2) is 5.11. The highest BCUT2D eigenvalue weighted by Crippen LogP contribution is 2.48. The molecule has 5 nitrogen and oxygen atoms in total. The van der Waals surface area contributed by atoms with Crippen LogP contribution >= 0.6 is 7.60 Å². The Balaban J connectivity index is 1.69. The van der Waals surface area contributed by atoms with Gasteiger partial charge in [-0.1, -0.05) is 18.2 Å².